The van der Waals surface area contributed by atoms with Gasteiger partial charge in [0.2, 0.25) is 0 Å². The molecular formula is C12H20F3N3O3. The average molecular weight is 311 g/mol. The van der Waals surface area contributed by atoms with Crippen molar-refractivity contribution in [3.63, 3.8) is 0 Å². The molecule has 2 N–H and O–H groups in total. The largest absolute Gasteiger partial charge is 0.480 e. The zero-order valence-electron chi connectivity index (χ0n) is 11.8. The molecule has 9 heteroatoms. The zero-order valence-corrected chi connectivity index (χ0v) is 11.8. The summed E-state index contributed by atoms with van der Waals surface area (Å²) in [7, 11) is 0. The molecule has 0 aromatic heterocycles. The topological polar surface area (TPSA) is 72.9 Å². The predicted molar refractivity (Wildman–Crippen MR) is 68.9 cm³/mol. The molecule has 1 aliphatic heterocycles. The number of nitrogens with zero attached hydrogens (tertiary/aromatic N) is 2. The van der Waals surface area contributed by atoms with E-state index in [-0.39, 0.29) is 13.0 Å². The van der Waals surface area contributed by atoms with Crippen molar-refractivity contribution in [2.75, 3.05) is 32.7 Å². The molecule has 1 rings (SSSR count). The SMILES string of the molecule is CC(C(=O)O)N1CCN(C(=O)NCCCC(F)(F)F)CC1. The van der Waals surface area contributed by atoms with Crippen LogP contribution in [-0.2, 0) is 4.79 Å². The van der Waals surface area contributed by atoms with Crippen LogP contribution < -0.4 is 5.32 Å². The van der Waals surface area contributed by atoms with Crippen molar-refractivity contribution < 1.29 is 27.9 Å². The lowest BCUT2D eigenvalue weighted by atomic mass is 10.2. The Kier molecular flexibility index (Phi) is 6.25. The maximum Gasteiger partial charge on any atom is 0.389 e. The fourth-order valence-electron chi connectivity index (χ4n) is 2.06. The first kappa shape index (κ1) is 17.5. The summed E-state index contributed by atoms with van der Waals surface area (Å²) in [5.74, 6) is -0.917. The maximum atomic E-state index is 11.9. The summed E-state index contributed by atoms with van der Waals surface area (Å²) < 4.78 is 35.8. The fourth-order valence-corrected chi connectivity index (χ4v) is 2.06. The number of alkyl halides is 3. The van der Waals surface area contributed by atoms with Gasteiger partial charge in [-0.15, -0.1) is 0 Å². The third kappa shape index (κ3) is 6.19. The minimum absolute atomic E-state index is 0.0237. The molecule has 122 valence electrons. The normalized spacial score (nSPS) is 18.4. The van der Waals surface area contributed by atoms with Gasteiger partial charge in [-0.05, 0) is 13.3 Å². The average Bonchev–Trinajstić information content (AvgIpc) is 2.41. The quantitative estimate of drug-likeness (QED) is 0.747. The number of carbonyl (C=O) groups excluding carboxylic acids is 1. The van der Waals surface area contributed by atoms with Gasteiger partial charge in [0, 0.05) is 39.1 Å². The minimum atomic E-state index is -4.21. The van der Waals surface area contributed by atoms with Gasteiger partial charge >= 0.3 is 18.2 Å². The highest BCUT2D eigenvalue weighted by molar-refractivity contribution is 5.74. The van der Waals surface area contributed by atoms with Crippen LogP contribution in [0, 0.1) is 0 Å². The van der Waals surface area contributed by atoms with Crippen LogP contribution in [0.4, 0.5) is 18.0 Å². The monoisotopic (exact) mass is 311 g/mol. The lowest BCUT2D eigenvalue weighted by Crippen LogP contribution is -2.55. The Morgan fingerprint density at radius 3 is 2.29 bits per heavy atom. The number of carboxylic acids is 1. The Hall–Kier alpha value is -1.51. The molecule has 1 fully saturated rings. The minimum Gasteiger partial charge on any atom is -0.480 e. The van der Waals surface area contributed by atoms with Crippen molar-refractivity contribution >= 4 is 12.0 Å². The number of carboxylic acid groups (broad SMARTS) is 1. The Bertz CT molecular complexity index is 368. The number of amides is 2. The molecule has 1 atom stereocenters. The highest BCUT2D eigenvalue weighted by Gasteiger charge is 2.28. The van der Waals surface area contributed by atoms with E-state index < -0.39 is 30.6 Å². The number of halogens is 3. The number of hydrogen-bond acceptors (Lipinski definition) is 3. The third-order valence-electron chi connectivity index (χ3n) is 3.42. The number of nitrogens with one attached hydrogen (secondary N) is 1. The Morgan fingerprint density at radius 2 is 1.81 bits per heavy atom. The van der Waals surface area contributed by atoms with Gasteiger partial charge in [0.1, 0.15) is 6.04 Å². The molecule has 0 aromatic rings. The zero-order chi connectivity index (χ0) is 16.0. The molecule has 0 bridgehead atoms. The smallest absolute Gasteiger partial charge is 0.389 e. The Balaban J connectivity index is 2.24. The first-order valence-electron chi connectivity index (χ1n) is 6.77. The van der Waals surface area contributed by atoms with E-state index in [1.54, 1.807) is 11.8 Å². The molecule has 0 aromatic carbocycles. The molecule has 6 nitrogen and oxygen atoms in total. The van der Waals surface area contributed by atoms with Crippen molar-refractivity contribution in [1.82, 2.24) is 15.1 Å². The summed E-state index contributed by atoms with van der Waals surface area (Å²) in [4.78, 5) is 25.8. The van der Waals surface area contributed by atoms with Crippen LogP contribution in [0.15, 0.2) is 0 Å². The highest BCUT2D eigenvalue weighted by atomic mass is 19.4. The van der Waals surface area contributed by atoms with Crippen molar-refractivity contribution in [3.8, 4) is 0 Å². The van der Waals surface area contributed by atoms with Crippen molar-refractivity contribution in [2.24, 2.45) is 0 Å². The number of urea groups is 1. The van der Waals surface area contributed by atoms with Gasteiger partial charge in [0.25, 0.3) is 0 Å². The second kappa shape index (κ2) is 7.48. The number of rotatable bonds is 5. The summed E-state index contributed by atoms with van der Waals surface area (Å²) in [5, 5.41) is 11.3. The van der Waals surface area contributed by atoms with Gasteiger partial charge < -0.3 is 15.3 Å². The first-order chi connectivity index (χ1) is 9.70. The van der Waals surface area contributed by atoms with Crippen LogP contribution in [0.5, 0.6) is 0 Å². The van der Waals surface area contributed by atoms with Crippen LogP contribution in [0.1, 0.15) is 19.8 Å². The number of piperazine rings is 1. The van der Waals surface area contributed by atoms with Gasteiger partial charge in [-0.25, -0.2) is 4.79 Å². The lowest BCUT2D eigenvalue weighted by molar-refractivity contribution is -0.143. The number of hydrogen-bond donors (Lipinski definition) is 2. The van der Waals surface area contributed by atoms with E-state index in [1.807, 2.05) is 0 Å². The second-order valence-corrected chi connectivity index (χ2v) is 4.99. The van der Waals surface area contributed by atoms with Crippen molar-refractivity contribution in [1.29, 1.82) is 0 Å². The molecule has 0 spiro atoms. The molecule has 21 heavy (non-hydrogen) atoms. The van der Waals surface area contributed by atoms with Crippen LogP contribution in [0.3, 0.4) is 0 Å². The van der Waals surface area contributed by atoms with Crippen LogP contribution >= 0.6 is 0 Å². The van der Waals surface area contributed by atoms with Crippen molar-refractivity contribution in [3.05, 3.63) is 0 Å². The summed E-state index contributed by atoms with van der Waals surface area (Å²) in [6, 6.07) is -1.01. The lowest BCUT2D eigenvalue weighted by Gasteiger charge is -2.36. The number of aliphatic carboxylic acids is 1. The Morgan fingerprint density at radius 1 is 1.24 bits per heavy atom. The summed E-state index contributed by atoms with van der Waals surface area (Å²) >= 11 is 0. The molecule has 0 radical (unpaired) electrons. The summed E-state index contributed by atoms with van der Waals surface area (Å²) in [6.07, 6.45) is -5.27. The van der Waals surface area contributed by atoms with Crippen LogP contribution in [0.2, 0.25) is 0 Å². The molecule has 0 saturated carbocycles. The molecule has 1 aliphatic rings. The first-order valence-corrected chi connectivity index (χ1v) is 6.77. The fraction of sp³-hybridized carbons (Fsp3) is 0.833. The standard InChI is InChI=1S/C12H20F3N3O3/c1-9(10(19)20)17-5-7-18(8-6-17)11(21)16-4-2-3-12(13,14)15/h9H,2-8H2,1H3,(H,16,21)(H,19,20). The van der Waals surface area contributed by atoms with E-state index in [1.165, 1.54) is 4.90 Å². The van der Waals surface area contributed by atoms with Crippen molar-refractivity contribution in [2.45, 2.75) is 32.0 Å². The summed E-state index contributed by atoms with van der Waals surface area (Å²) in [6.45, 7) is 3.15. The van der Waals surface area contributed by atoms with E-state index in [9.17, 15) is 22.8 Å². The van der Waals surface area contributed by atoms with Crippen LogP contribution in [0.25, 0.3) is 0 Å². The van der Waals surface area contributed by atoms with Gasteiger partial charge in [0.05, 0.1) is 0 Å². The highest BCUT2D eigenvalue weighted by Crippen LogP contribution is 2.20. The Labute approximate surface area is 120 Å². The van der Waals surface area contributed by atoms with E-state index in [2.05, 4.69) is 5.32 Å². The van der Waals surface area contributed by atoms with Gasteiger partial charge in [-0.3, -0.25) is 9.69 Å². The predicted octanol–water partition coefficient (Wildman–Crippen LogP) is 1.13. The van der Waals surface area contributed by atoms with E-state index in [0.29, 0.717) is 26.2 Å². The number of carbonyl (C=O) groups is 2. The maximum absolute atomic E-state index is 11.9. The van der Waals surface area contributed by atoms with E-state index in [4.69, 9.17) is 5.11 Å². The molecule has 1 saturated heterocycles. The molecular weight excluding hydrogens is 291 g/mol. The van der Waals surface area contributed by atoms with Gasteiger partial charge in [-0.2, -0.15) is 13.2 Å². The van der Waals surface area contributed by atoms with Gasteiger partial charge in [0.15, 0.2) is 0 Å². The third-order valence-corrected chi connectivity index (χ3v) is 3.42. The molecule has 1 unspecified atom stereocenters. The van der Waals surface area contributed by atoms with Gasteiger partial charge in [-0.1, -0.05) is 0 Å². The second-order valence-electron chi connectivity index (χ2n) is 4.99. The van der Waals surface area contributed by atoms with E-state index >= 15 is 0 Å². The van der Waals surface area contributed by atoms with E-state index in [0.717, 1.165) is 0 Å². The van der Waals surface area contributed by atoms with Crippen LogP contribution in [-0.4, -0.2) is 71.8 Å². The summed E-state index contributed by atoms with van der Waals surface area (Å²) in [5.41, 5.74) is 0. The molecule has 1 heterocycles. The molecule has 2 amide bonds. The molecule has 0 aliphatic carbocycles.